The molecule has 0 spiro atoms. The molecule has 1 aromatic heterocycles. The maximum atomic E-state index is 11.5. The molecule has 0 bridgehead atoms. The van der Waals surface area contributed by atoms with Crippen LogP contribution in [-0.2, 0) is 4.74 Å². The van der Waals surface area contributed by atoms with Crippen molar-refractivity contribution >= 4 is 11.9 Å². The summed E-state index contributed by atoms with van der Waals surface area (Å²) in [6.45, 7) is 6.63. The second-order valence-electron chi connectivity index (χ2n) is 3.73. The predicted molar refractivity (Wildman–Crippen MR) is 63.6 cm³/mol. The molecule has 6 nitrogen and oxygen atoms in total. The number of nitrogens with one attached hydrogen (secondary N) is 1. The van der Waals surface area contributed by atoms with E-state index in [-0.39, 0.29) is 11.5 Å². The van der Waals surface area contributed by atoms with Gasteiger partial charge < -0.3 is 19.6 Å². The summed E-state index contributed by atoms with van der Waals surface area (Å²) in [5.74, 6) is -1.98. The fraction of sp³-hybridized carbons (Fsp3) is 0.333. The number of amides is 1. The number of hydrogen-bond acceptors (Lipinski definition) is 4. The standard InChI is InChI=1S/C12H15NO5/c1-8(2)7-17-6-5-13-11(14)9-3-4-10(18-9)12(15)16/h3-4H,1,5-7H2,2H3,(H,13,14)(H,15,16). The molecule has 0 aliphatic carbocycles. The summed E-state index contributed by atoms with van der Waals surface area (Å²) in [6.07, 6.45) is 0. The van der Waals surface area contributed by atoms with Gasteiger partial charge in [0.05, 0.1) is 13.2 Å². The third-order valence-electron chi connectivity index (χ3n) is 1.92. The Hall–Kier alpha value is -2.08. The van der Waals surface area contributed by atoms with Gasteiger partial charge in [0.15, 0.2) is 5.76 Å². The number of aromatic carboxylic acids is 1. The summed E-state index contributed by atoms with van der Waals surface area (Å²) in [6, 6.07) is 2.54. The van der Waals surface area contributed by atoms with Crippen LogP contribution in [0.1, 0.15) is 28.0 Å². The minimum absolute atomic E-state index is 0.0349. The van der Waals surface area contributed by atoms with Crippen LogP contribution in [0.15, 0.2) is 28.7 Å². The molecule has 0 saturated carbocycles. The van der Waals surface area contributed by atoms with Crippen LogP contribution in [0, 0.1) is 0 Å². The molecule has 0 atom stereocenters. The molecule has 6 heteroatoms. The zero-order valence-corrected chi connectivity index (χ0v) is 10.1. The van der Waals surface area contributed by atoms with Crippen LogP contribution in [-0.4, -0.2) is 36.7 Å². The Labute approximate surface area is 104 Å². The second kappa shape index (κ2) is 6.61. The minimum atomic E-state index is -1.21. The molecule has 1 rings (SSSR count). The first kappa shape index (κ1) is 14.0. The van der Waals surface area contributed by atoms with E-state index in [1.54, 1.807) is 0 Å². The van der Waals surface area contributed by atoms with Crippen LogP contribution >= 0.6 is 0 Å². The van der Waals surface area contributed by atoms with Crippen molar-refractivity contribution in [2.45, 2.75) is 6.92 Å². The summed E-state index contributed by atoms with van der Waals surface area (Å²) >= 11 is 0. The smallest absolute Gasteiger partial charge is 0.371 e. The van der Waals surface area contributed by atoms with Crippen LogP contribution in [0.25, 0.3) is 0 Å². The molecule has 1 heterocycles. The van der Waals surface area contributed by atoms with Gasteiger partial charge >= 0.3 is 5.97 Å². The van der Waals surface area contributed by atoms with E-state index in [0.29, 0.717) is 19.8 Å². The molecule has 98 valence electrons. The van der Waals surface area contributed by atoms with Gasteiger partial charge in [-0.3, -0.25) is 4.79 Å². The molecule has 0 aromatic carbocycles. The third kappa shape index (κ3) is 4.42. The van der Waals surface area contributed by atoms with Crippen LogP contribution in [0.5, 0.6) is 0 Å². The van der Waals surface area contributed by atoms with E-state index in [4.69, 9.17) is 14.3 Å². The highest BCUT2D eigenvalue weighted by molar-refractivity contribution is 5.93. The van der Waals surface area contributed by atoms with Crippen LogP contribution in [0.2, 0.25) is 0 Å². The SMILES string of the molecule is C=C(C)COCCNC(=O)c1ccc(C(=O)O)o1. The van der Waals surface area contributed by atoms with Gasteiger partial charge in [-0.15, -0.1) is 0 Å². The van der Waals surface area contributed by atoms with E-state index in [2.05, 4.69) is 11.9 Å². The largest absolute Gasteiger partial charge is 0.475 e. The van der Waals surface area contributed by atoms with E-state index in [9.17, 15) is 9.59 Å². The number of hydrogen-bond donors (Lipinski definition) is 2. The molecule has 0 fully saturated rings. The average molecular weight is 253 g/mol. The van der Waals surface area contributed by atoms with Gasteiger partial charge in [0.1, 0.15) is 0 Å². The number of rotatable bonds is 7. The van der Waals surface area contributed by atoms with Crippen molar-refractivity contribution in [2.75, 3.05) is 19.8 Å². The molecule has 0 radical (unpaired) electrons. The van der Waals surface area contributed by atoms with E-state index in [1.807, 2.05) is 6.92 Å². The Morgan fingerprint density at radius 1 is 1.44 bits per heavy atom. The maximum absolute atomic E-state index is 11.5. The number of carboxylic acid groups (broad SMARTS) is 1. The Balaban J connectivity index is 2.32. The molecule has 1 aromatic rings. The summed E-state index contributed by atoms with van der Waals surface area (Å²) in [7, 11) is 0. The highest BCUT2D eigenvalue weighted by atomic mass is 16.5. The van der Waals surface area contributed by atoms with E-state index < -0.39 is 11.9 Å². The van der Waals surface area contributed by atoms with Crippen molar-refractivity contribution in [1.82, 2.24) is 5.32 Å². The number of ether oxygens (including phenoxy) is 1. The van der Waals surface area contributed by atoms with Crippen molar-refractivity contribution in [1.29, 1.82) is 0 Å². The molecule has 18 heavy (non-hydrogen) atoms. The molecule has 0 unspecified atom stereocenters. The minimum Gasteiger partial charge on any atom is -0.475 e. The van der Waals surface area contributed by atoms with E-state index >= 15 is 0 Å². The number of carbonyl (C=O) groups is 2. The summed E-state index contributed by atoms with van der Waals surface area (Å²) in [5, 5.41) is 11.2. The fourth-order valence-corrected chi connectivity index (χ4v) is 1.15. The lowest BCUT2D eigenvalue weighted by Gasteiger charge is -2.04. The Morgan fingerprint density at radius 2 is 2.11 bits per heavy atom. The van der Waals surface area contributed by atoms with Gasteiger partial charge in [0.25, 0.3) is 5.91 Å². The monoisotopic (exact) mass is 253 g/mol. The predicted octanol–water partition coefficient (Wildman–Crippen LogP) is 1.30. The lowest BCUT2D eigenvalue weighted by Crippen LogP contribution is -2.27. The molecule has 0 aliphatic heterocycles. The Bertz CT molecular complexity index is 449. The van der Waals surface area contributed by atoms with Crippen molar-refractivity contribution in [3.05, 3.63) is 35.8 Å². The molecular weight excluding hydrogens is 238 g/mol. The number of carboxylic acids is 1. The van der Waals surface area contributed by atoms with Crippen molar-refractivity contribution in [3.8, 4) is 0 Å². The highest BCUT2D eigenvalue weighted by Gasteiger charge is 2.14. The van der Waals surface area contributed by atoms with Crippen molar-refractivity contribution < 1.29 is 23.8 Å². The van der Waals surface area contributed by atoms with Gasteiger partial charge in [0, 0.05) is 6.54 Å². The summed E-state index contributed by atoms with van der Waals surface area (Å²) < 4.78 is 10.0. The van der Waals surface area contributed by atoms with Crippen LogP contribution in [0.3, 0.4) is 0 Å². The normalized spacial score (nSPS) is 10.1. The van der Waals surface area contributed by atoms with Crippen LogP contribution in [0.4, 0.5) is 0 Å². The topological polar surface area (TPSA) is 88.8 Å². The van der Waals surface area contributed by atoms with Crippen molar-refractivity contribution in [3.63, 3.8) is 0 Å². The first-order valence-corrected chi connectivity index (χ1v) is 5.34. The first-order chi connectivity index (χ1) is 8.50. The Kier molecular flexibility index (Phi) is 5.13. The lowest BCUT2D eigenvalue weighted by atomic mass is 10.4. The molecule has 2 N–H and O–H groups in total. The lowest BCUT2D eigenvalue weighted by molar-refractivity contribution is 0.0659. The maximum Gasteiger partial charge on any atom is 0.371 e. The molecule has 1 amide bonds. The summed E-state index contributed by atoms with van der Waals surface area (Å²) in [5.41, 5.74) is 0.901. The first-order valence-electron chi connectivity index (χ1n) is 5.34. The molecule has 0 aliphatic rings. The molecule has 0 saturated heterocycles. The summed E-state index contributed by atoms with van der Waals surface area (Å²) in [4.78, 5) is 22.1. The van der Waals surface area contributed by atoms with E-state index in [0.717, 1.165) is 5.57 Å². The molecular formula is C12H15NO5. The third-order valence-corrected chi connectivity index (χ3v) is 1.92. The van der Waals surface area contributed by atoms with Gasteiger partial charge in [-0.25, -0.2) is 4.79 Å². The average Bonchev–Trinajstić information content (AvgIpc) is 2.77. The second-order valence-corrected chi connectivity index (χ2v) is 3.73. The van der Waals surface area contributed by atoms with Gasteiger partial charge in [0.2, 0.25) is 5.76 Å². The van der Waals surface area contributed by atoms with Crippen LogP contribution < -0.4 is 5.32 Å². The zero-order valence-electron chi connectivity index (χ0n) is 10.1. The number of carbonyl (C=O) groups excluding carboxylic acids is 1. The van der Waals surface area contributed by atoms with Gasteiger partial charge in [-0.05, 0) is 19.1 Å². The quantitative estimate of drug-likeness (QED) is 0.564. The van der Waals surface area contributed by atoms with E-state index in [1.165, 1.54) is 12.1 Å². The highest BCUT2D eigenvalue weighted by Crippen LogP contribution is 2.07. The van der Waals surface area contributed by atoms with Gasteiger partial charge in [-0.2, -0.15) is 0 Å². The number of furan rings is 1. The Morgan fingerprint density at radius 3 is 2.67 bits per heavy atom. The zero-order chi connectivity index (χ0) is 13.5. The fourth-order valence-electron chi connectivity index (χ4n) is 1.15. The van der Waals surface area contributed by atoms with Crippen molar-refractivity contribution in [2.24, 2.45) is 0 Å². The van der Waals surface area contributed by atoms with Gasteiger partial charge in [-0.1, -0.05) is 12.2 Å².